The Bertz CT molecular complexity index is 1890. The predicted octanol–water partition coefficient (Wildman–Crippen LogP) is 3.71. The van der Waals surface area contributed by atoms with Crippen molar-refractivity contribution in [1.29, 1.82) is 0 Å². The van der Waals surface area contributed by atoms with E-state index in [0.29, 0.717) is 0 Å². The van der Waals surface area contributed by atoms with Crippen LogP contribution < -0.4 is 15.2 Å². The third kappa shape index (κ3) is 5.93. The van der Waals surface area contributed by atoms with Gasteiger partial charge in [0.1, 0.15) is 24.3 Å². The highest BCUT2D eigenvalue weighted by Crippen LogP contribution is 2.51. The number of imidazole rings is 1. The minimum absolute atomic E-state index is 0.0166. The summed E-state index contributed by atoms with van der Waals surface area (Å²) < 4.78 is 36.7. The van der Waals surface area contributed by atoms with Gasteiger partial charge in [-0.25, -0.2) is 14.6 Å². The Labute approximate surface area is 249 Å². The van der Waals surface area contributed by atoms with Crippen molar-refractivity contribution >= 4 is 40.7 Å². The third-order valence-corrected chi connectivity index (χ3v) is 6.75. The Kier molecular flexibility index (Phi) is 7.81. The zero-order valence-electron chi connectivity index (χ0n) is 22.4. The first-order chi connectivity index (χ1) is 21.4. The Hall–Kier alpha value is -6.42. The number of anilines is 1. The lowest BCUT2D eigenvalue weighted by molar-refractivity contribution is -0.385. The summed E-state index contributed by atoms with van der Waals surface area (Å²) in [5.41, 5.74) is 2.90. The number of non-ortho nitro benzene ring substituents is 2. The molecule has 2 aromatic carbocycles. The number of rotatable bonds is 8. The molecule has 1 aliphatic rings. The normalized spacial score (nSPS) is 19.0. The standard InChI is InChI=1S/C26H18FN7O11/c1-2-26(11-42-25(37)43-15-6-3-13(4-7-15)33(38)39)17(16-9-14(34(40)41)5-8-18(16)44-24(35)36)10-19(45-26)32-12-29-20-21(28)30-23(27)31-22(20)32/h1,3-9,12,17,19H,10-11H2,(H,35,36)(H2,28,30,31)/t17-,19+,26+/m0/s1. The van der Waals surface area contributed by atoms with Crippen LogP contribution in [0, 0.1) is 38.7 Å². The minimum Gasteiger partial charge on any atom is -0.449 e. The summed E-state index contributed by atoms with van der Waals surface area (Å²) in [5.74, 6) is 0.503. The molecule has 0 saturated carbocycles. The highest BCUT2D eigenvalue weighted by atomic mass is 19.1. The number of nitrogens with two attached hydrogens (primary N) is 1. The first kappa shape index (κ1) is 30.1. The first-order valence-corrected chi connectivity index (χ1v) is 12.5. The lowest BCUT2D eigenvalue weighted by atomic mass is 9.82. The van der Waals surface area contributed by atoms with E-state index in [0.717, 1.165) is 42.5 Å². The molecule has 0 amide bonds. The number of ether oxygens (including phenoxy) is 4. The van der Waals surface area contributed by atoms with E-state index in [2.05, 4.69) is 20.9 Å². The fourth-order valence-electron chi connectivity index (χ4n) is 4.78. The molecule has 3 atom stereocenters. The van der Waals surface area contributed by atoms with Crippen LogP contribution in [0.25, 0.3) is 11.2 Å². The molecule has 45 heavy (non-hydrogen) atoms. The van der Waals surface area contributed by atoms with Crippen molar-refractivity contribution in [2.75, 3.05) is 12.3 Å². The van der Waals surface area contributed by atoms with Crippen LogP contribution >= 0.6 is 0 Å². The highest BCUT2D eigenvalue weighted by Gasteiger charge is 2.52. The van der Waals surface area contributed by atoms with Gasteiger partial charge in [-0.15, -0.1) is 6.42 Å². The number of fused-ring (bicyclic) bond motifs is 1. The number of hydrogen-bond donors (Lipinski definition) is 2. The van der Waals surface area contributed by atoms with Gasteiger partial charge in [-0.3, -0.25) is 24.8 Å². The molecular formula is C26H18FN7O11. The number of halogens is 1. The number of aromatic nitrogens is 4. The number of benzene rings is 2. The molecule has 3 heterocycles. The maximum Gasteiger partial charge on any atom is 0.513 e. The number of carbonyl (C=O) groups excluding carboxylic acids is 1. The van der Waals surface area contributed by atoms with E-state index in [9.17, 15) is 39.3 Å². The van der Waals surface area contributed by atoms with Gasteiger partial charge in [-0.1, -0.05) is 5.92 Å². The van der Waals surface area contributed by atoms with Crippen LogP contribution in [0.2, 0.25) is 0 Å². The van der Waals surface area contributed by atoms with E-state index in [1.807, 2.05) is 0 Å². The second-order valence-corrected chi connectivity index (χ2v) is 9.34. The van der Waals surface area contributed by atoms with Gasteiger partial charge in [-0.05, 0) is 18.2 Å². The first-order valence-electron chi connectivity index (χ1n) is 12.5. The largest absolute Gasteiger partial charge is 0.513 e. The Morgan fingerprint density at radius 3 is 2.49 bits per heavy atom. The quantitative estimate of drug-likeness (QED) is 0.0709. The second-order valence-electron chi connectivity index (χ2n) is 9.34. The molecule has 0 radical (unpaired) electrons. The van der Waals surface area contributed by atoms with Crippen LogP contribution in [0.1, 0.15) is 24.1 Å². The van der Waals surface area contributed by atoms with Gasteiger partial charge in [-0.2, -0.15) is 14.4 Å². The maximum atomic E-state index is 14.1. The van der Waals surface area contributed by atoms with Crippen LogP contribution in [0.15, 0.2) is 48.8 Å². The molecule has 18 nitrogen and oxygen atoms in total. The molecule has 4 aromatic rings. The van der Waals surface area contributed by atoms with Crippen molar-refractivity contribution in [2.45, 2.75) is 24.2 Å². The average Bonchev–Trinajstić information content (AvgIpc) is 3.58. The number of carboxylic acid groups (broad SMARTS) is 1. The van der Waals surface area contributed by atoms with E-state index >= 15 is 0 Å². The SMILES string of the molecule is C#C[C@]1(COC(=O)Oc2ccc([N+](=O)[O-])cc2)O[C@@H](n2cnc3c(N)nc(F)nc32)C[C@H]1c1cc([N+](=O)[O-])ccc1OC(=O)O. The lowest BCUT2D eigenvalue weighted by Gasteiger charge is -2.29. The van der Waals surface area contributed by atoms with Crippen molar-refractivity contribution in [3.8, 4) is 23.8 Å². The molecule has 1 fully saturated rings. The zero-order valence-corrected chi connectivity index (χ0v) is 22.4. The summed E-state index contributed by atoms with van der Waals surface area (Å²) in [6.07, 6.45) is 1.56. The van der Waals surface area contributed by atoms with Crippen LogP contribution in [0.4, 0.5) is 31.2 Å². The number of hydrogen-bond acceptors (Lipinski definition) is 14. The Morgan fingerprint density at radius 2 is 1.84 bits per heavy atom. The van der Waals surface area contributed by atoms with E-state index in [1.165, 1.54) is 10.9 Å². The number of nitrogens with zero attached hydrogens (tertiary/aromatic N) is 6. The fourth-order valence-corrected chi connectivity index (χ4v) is 4.78. The smallest absolute Gasteiger partial charge is 0.449 e. The molecule has 19 heteroatoms. The lowest BCUT2D eigenvalue weighted by Crippen LogP contribution is -2.39. The summed E-state index contributed by atoms with van der Waals surface area (Å²) in [4.78, 5) is 56.4. The molecule has 3 N–H and O–H groups in total. The zero-order chi connectivity index (χ0) is 32.5. The molecule has 0 bridgehead atoms. The number of nitro groups is 2. The van der Waals surface area contributed by atoms with Gasteiger partial charge in [0.05, 0.1) is 16.2 Å². The molecule has 0 spiro atoms. The molecule has 2 aromatic heterocycles. The third-order valence-electron chi connectivity index (χ3n) is 6.75. The average molecular weight is 623 g/mol. The number of nitrogen functional groups attached to an aromatic ring is 1. The second kappa shape index (κ2) is 11.7. The van der Waals surface area contributed by atoms with Gasteiger partial charge >= 0.3 is 18.4 Å². The summed E-state index contributed by atoms with van der Waals surface area (Å²) in [6, 6.07) is 7.57. The molecule has 0 aliphatic carbocycles. The fraction of sp³-hybridized carbons (Fsp3) is 0.192. The van der Waals surface area contributed by atoms with Gasteiger partial charge in [0.15, 0.2) is 22.6 Å². The number of nitro benzene ring substituents is 2. The van der Waals surface area contributed by atoms with Gasteiger partial charge in [0, 0.05) is 42.2 Å². The summed E-state index contributed by atoms with van der Waals surface area (Å²) in [6.45, 7) is -0.760. The highest BCUT2D eigenvalue weighted by molar-refractivity contribution is 5.81. The molecule has 0 unspecified atom stereocenters. The van der Waals surface area contributed by atoms with E-state index in [-0.39, 0.29) is 46.2 Å². The van der Waals surface area contributed by atoms with Crippen LogP contribution in [-0.2, 0) is 9.47 Å². The van der Waals surface area contributed by atoms with Crippen molar-refractivity contribution < 1.29 is 47.9 Å². The topological polar surface area (TPSA) is 247 Å². The number of carbonyl (C=O) groups is 2. The van der Waals surface area contributed by atoms with Crippen LogP contribution in [0.5, 0.6) is 11.5 Å². The molecule has 1 saturated heterocycles. The maximum absolute atomic E-state index is 14.1. The Morgan fingerprint density at radius 1 is 1.16 bits per heavy atom. The molecular weight excluding hydrogens is 605 g/mol. The van der Waals surface area contributed by atoms with Crippen molar-refractivity contribution in [1.82, 2.24) is 19.5 Å². The van der Waals surface area contributed by atoms with Crippen LogP contribution in [0.3, 0.4) is 0 Å². The van der Waals surface area contributed by atoms with Gasteiger partial charge < -0.3 is 29.8 Å². The van der Waals surface area contributed by atoms with E-state index < -0.39 is 58.3 Å². The molecule has 1 aliphatic heterocycles. The van der Waals surface area contributed by atoms with Crippen molar-refractivity contribution in [2.24, 2.45) is 0 Å². The summed E-state index contributed by atoms with van der Waals surface area (Å²) in [5, 5.41) is 31.8. The van der Waals surface area contributed by atoms with Crippen molar-refractivity contribution in [3.05, 3.63) is 80.7 Å². The summed E-state index contributed by atoms with van der Waals surface area (Å²) >= 11 is 0. The van der Waals surface area contributed by atoms with Crippen LogP contribution in [-0.4, -0.2) is 59.0 Å². The van der Waals surface area contributed by atoms with E-state index in [1.54, 1.807) is 0 Å². The van der Waals surface area contributed by atoms with Crippen molar-refractivity contribution in [3.63, 3.8) is 0 Å². The molecule has 230 valence electrons. The molecule has 5 rings (SSSR count). The Balaban J connectivity index is 1.53. The monoisotopic (exact) mass is 623 g/mol. The number of terminal acetylenes is 1. The van der Waals surface area contributed by atoms with E-state index in [4.69, 9.17) is 31.1 Å². The predicted molar refractivity (Wildman–Crippen MR) is 146 cm³/mol. The summed E-state index contributed by atoms with van der Waals surface area (Å²) in [7, 11) is 0. The minimum atomic E-state index is -1.97. The van der Waals surface area contributed by atoms with Gasteiger partial charge in [0.25, 0.3) is 11.4 Å². The van der Waals surface area contributed by atoms with Gasteiger partial charge in [0.2, 0.25) is 0 Å².